The summed E-state index contributed by atoms with van der Waals surface area (Å²) in [4.78, 5) is 11.1. The van der Waals surface area contributed by atoms with Crippen molar-refractivity contribution >= 4 is 5.97 Å². The van der Waals surface area contributed by atoms with Crippen LogP contribution in [0.25, 0.3) is 0 Å². The summed E-state index contributed by atoms with van der Waals surface area (Å²) in [6, 6.07) is 8.76. The highest BCUT2D eigenvalue weighted by molar-refractivity contribution is 5.78. The molecule has 0 spiro atoms. The van der Waals surface area contributed by atoms with Crippen LogP contribution < -0.4 is 0 Å². The number of carbonyl (C=O) groups excluding carboxylic acids is 1. The van der Waals surface area contributed by atoms with Crippen LogP contribution >= 0.6 is 0 Å². The van der Waals surface area contributed by atoms with Gasteiger partial charge in [0, 0.05) is 0 Å². The number of benzene rings is 1. The van der Waals surface area contributed by atoms with Gasteiger partial charge in [-0.15, -0.1) is 0 Å². The summed E-state index contributed by atoms with van der Waals surface area (Å²) in [7, 11) is 1.26. The Kier molecular flexibility index (Phi) is 3.43. The molecule has 0 radical (unpaired) electrons. The first-order valence-corrected chi connectivity index (χ1v) is 3.98. The lowest BCUT2D eigenvalue weighted by Gasteiger charge is -2.10. The van der Waals surface area contributed by atoms with Crippen LogP contribution in [0.1, 0.15) is 11.5 Å². The van der Waals surface area contributed by atoms with E-state index in [2.05, 4.69) is 4.74 Å². The molecular formula is C10H11FO2. The average Bonchev–Trinajstić information content (AvgIpc) is 2.20. The van der Waals surface area contributed by atoms with E-state index in [4.69, 9.17) is 0 Å². The van der Waals surface area contributed by atoms with E-state index in [-0.39, 0.29) is 0 Å². The zero-order valence-corrected chi connectivity index (χ0v) is 7.37. The van der Waals surface area contributed by atoms with Crippen molar-refractivity contribution in [1.29, 1.82) is 0 Å². The van der Waals surface area contributed by atoms with Crippen LogP contribution in [0.4, 0.5) is 4.39 Å². The molecule has 1 rings (SSSR count). The number of alkyl halides is 1. The highest BCUT2D eigenvalue weighted by Gasteiger charge is 2.20. The van der Waals surface area contributed by atoms with Crippen LogP contribution in [-0.2, 0) is 9.53 Å². The molecule has 0 fully saturated rings. The van der Waals surface area contributed by atoms with Crippen molar-refractivity contribution in [2.24, 2.45) is 0 Å². The first kappa shape index (κ1) is 9.71. The third-order valence-electron chi connectivity index (χ3n) is 1.84. The van der Waals surface area contributed by atoms with Crippen molar-refractivity contribution in [2.75, 3.05) is 13.8 Å². The van der Waals surface area contributed by atoms with Crippen molar-refractivity contribution in [3.05, 3.63) is 35.9 Å². The lowest BCUT2D eigenvalue weighted by molar-refractivity contribution is -0.142. The van der Waals surface area contributed by atoms with E-state index in [0.717, 1.165) is 0 Å². The third-order valence-corrected chi connectivity index (χ3v) is 1.84. The van der Waals surface area contributed by atoms with Gasteiger partial charge in [0.2, 0.25) is 0 Å². The number of methoxy groups -OCH3 is 1. The zero-order chi connectivity index (χ0) is 9.68. The second kappa shape index (κ2) is 4.60. The minimum absolute atomic E-state index is 0.534. The van der Waals surface area contributed by atoms with Gasteiger partial charge in [-0.1, -0.05) is 30.3 Å². The molecule has 1 aromatic rings. The van der Waals surface area contributed by atoms with Crippen molar-refractivity contribution < 1.29 is 13.9 Å². The highest BCUT2D eigenvalue weighted by atomic mass is 19.1. The average molecular weight is 182 g/mol. The molecule has 3 heteroatoms. The van der Waals surface area contributed by atoms with Crippen molar-refractivity contribution in [2.45, 2.75) is 5.92 Å². The number of halogens is 1. The molecule has 0 N–H and O–H groups in total. The Morgan fingerprint density at radius 2 is 2.08 bits per heavy atom. The molecule has 0 aliphatic carbocycles. The van der Waals surface area contributed by atoms with Gasteiger partial charge in [-0.2, -0.15) is 0 Å². The Morgan fingerprint density at radius 1 is 1.46 bits per heavy atom. The van der Waals surface area contributed by atoms with Crippen LogP contribution in [0.2, 0.25) is 0 Å². The third kappa shape index (κ3) is 2.28. The lowest BCUT2D eigenvalue weighted by atomic mass is 10.0. The van der Waals surface area contributed by atoms with E-state index >= 15 is 0 Å². The van der Waals surface area contributed by atoms with E-state index in [9.17, 15) is 9.18 Å². The quantitative estimate of drug-likeness (QED) is 0.667. The van der Waals surface area contributed by atoms with E-state index in [1.165, 1.54) is 7.11 Å². The van der Waals surface area contributed by atoms with Crippen LogP contribution in [0.3, 0.4) is 0 Å². The number of rotatable bonds is 3. The first-order chi connectivity index (χ1) is 6.29. The lowest BCUT2D eigenvalue weighted by Crippen LogP contribution is -2.15. The van der Waals surface area contributed by atoms with Gasteiger partial charge in [0.05, 0.1) is 7.11 Å². The van der Waals surface area contributed by atoms with Crippen LogP contribution in [0.15, 0.2) is 30.3 Å². The summed E-state index contributed by atoms with van der Waals surface area (Å²) in [6.45, 7) is -0.726. The number of carbonyl (C=O) groups is 1. The van der Waals surface area contributed by atoms with Gasteiger partial charge in [0.15, 0.2) is 0 Å². The first-order valence-electron chi connectivity index (χ1n) is 3.98. The van der Waals surface area contributed by atoms with Gasteiger partial charge in [0.25, 0.3) is 0 Å². The topological polar surface area (TPSA) is 26.3 Å². The van der Waals surface area contributed by atoms with Gasteiger partial charge in [-0.25, -0.2) is 4.39 Å². The molecule has 0 amide bonds. The molecule has 0 bridgehead atoms. The number of hydrogen-bond donors (Lipinski definition) is 0. The fraction of sp³-hybridized carbons (Fsp3) is 0.300. The van der Waals surface area contributed by atoms with Gasteiger partial charge in [-0.3, -0.25) is 4.79 Å². The van der Waals surface area contributed by atoms with Gasteiger partial charge < -0.3 is 4.74 Å². The summed E-state index contributed by atoms with van der Waals surface area (Å²) >= 11 is 0. The second-order valence-corrected chi connectivity index (χ2v) is 2.64. The van der Waals surface area contributed by atoms with Crippen molar-refractivity contribution in [3.63, 3.8) is 0 Å². The summed E-state index contributed by atoms with van der Waals surface area (Å²) < 4.78 is 17.0. The molecule has 1 atom stereocenters. The fourth-order valence-electron chi connectivity index (χ4n) is 1.12. The molecule has 0 saturated carbocycles. The second-order valence-electron chi connectivity index (χ2n) is 2.64. The Labute approximate surface area is 76.3 Å². The van der Waals surface area contributed by atoms with Crippen molar-refractivity contribution in [1.82, 2.24) is 0 Å². The molecule has 1 unspecified atom stereocenters. The van der Waals surface area contributed by atoms with E-state index < -0.39 is 18.6 Å². The Hall–Kier alpha value is -1.38. The van der Waals surface area contributed by atoms with Crippen molar-refractivity contribution in [3.8, 4) is 0 Å². The van der Waals surface area contributed by atoms with Crippen LogP contribution in [0, 0.1) is 0 Å². The maximum absolute atomic E-state index is 12.5. The number of ether oxygens (including phenoxy) is 1. The van der Waals surface area contributed by atoms with Gasteiger partial charge >= 0.3 is 5.97 Å². The molecule has 0 saturated heterocycles. The Balaban J connectivity index is 2.85. The molecule has 0 aromatic heterocycles. The summed E-state index contributed by atoms with van der Waals surface area (Å²) in [5.41, 5.74) is 0.650. The van der Waals surface area contributed by atoms with E-state index in [1.807, 2.05) is 6.07 Å². The number of hydrogen-bond acceptors (Lipinski definition) is 2. The van der Waals surface area contributed by atoms with E-state index in [1.54, 1.807) is 24.3 Å². The largest absolute Gasteiger partial charge is 0.468 e. The Bertz CT molecular complexity index is 272. The predicted molar refractivity (Wildman–Crippen MR) is 47.2 cm³/mol. The number of esters is 1. The molecule has 70 valence electrons. The highest BCUT2D eigenvalue weighted by Crippen LogP contribution is 2.17. The van der Waals surface area contributed by atoms with E-state index in [0.29, 0.717) is 5.56 Å². The van der Waals surface area contributed by atoms with Gasteiger partial charge in [-0.05, 0) is 5.56 Å². The smallest absolute Gasteiger partial charge is 0.315 e. The fourth-order valence-corrected chi connectivity index (χ4v) is 1.12. The van der Waals surface area contributed by atoms with Crippen LogP contribution in [-0.4, -0.2) is 19.8 Å². The SMILES string of the molecule is COC(=O)C(CF)c1ccccc1. The maximum Gasteiger partial charge on any atom is 0.315 e. The normalized spacial score (nSPS) is 12.2. The minimum atomic E-state index is -0.786. The molecule has 13 heavy (non-hydrogen) atoms. The predicted octanol–water partition coefficient (Wildman–Crippen LogP) is 1.91. The molecular weight excluding hydrogens is 171 g/mol. The Morgan fingerprint density at radius 3 is 2.54 bits per heavy atom. The summed E-state index contributed by atoms with van der Waals surface area (Å²) in [5, 5.41) is 0. The standard InChI is InChI=1S/C10H11FO2/c1-13-10(12)9(7-11)8-5-3-2-4-6-8/h2-6,9H,7H2,1H3. The maximum atomic E-state index is 12.5. The van der Waals surface area contributed by atoms with Crippen LogP contribution in [0.5, 0.6) is 0 Å². The molecule has 0 heterocycles. The van der Waals surface area contributed by atoms with Gasteiger partial charge in [0.1, 0.15) is 12.6 Å². The molecule has 0 aliphatic rings. The summed E-state index contributed by atoms with van der Waals surface area (Å²) in [6.07, 6.45) is 0. The monoisotopic (exact) mass is 182 g/mol. The minimum Gasteiger partial charge on any atom is -0.468 e. The molecule has 1 aromatic carbocycles. The zero-order valence-electron chi connectivity index (χ0n) is 7.37. The molecule has 0 aliphatic heterocycles. The molecule has 2 nitrogen and oxygen atoms in total. The summed E-state index contributed by atoms with van der Waals surface area (Å²) in [5.74, 6) is -1.32.